The van der Waals surface area contributed by atoms with Gasteiger partial charge in [0.25, 0.3) is 0 Å². The second-order valence-electron chi connectivity index (χ2n) is 3.70. The first-order valence-electron chi connectivity index (χ1n) is 5.45. The van der Waals surface area contributed by atoms with Gasteiger partial charge >= 0.3 is 0 Å². The summed E-state index contributed by atoms with van der Waals surface area (Å²) in [4.78, 5) is 0. The average molecular weight is 237 g/mol. The van der Waals surface area contributed by atoms with Crippen LogP contribution in [0.3, 0.4) is 0 Å². The minimum atomic E-state index is -0.478. The number of anilines is 1. The van der Waals surface area contributed by atoms with E-state index in [0.717, 1.165) is 30.4 Å². The first kappa shape index (κ1) is 11.6. The van der Waals surface area contributed by atoms with Gasteiger partial charge in [0.2, 0.25) is 0 Å². The molecule has 4 heteroatoms. The van der Waals surface area contributed by atoms with E-state index in [4.69, 9.17) is 4.42 Å². The molecule has 1 heterocycles. The summed E-state index contributed by atoms with van der Waals surface area (Å²) < 4.78 is 31.6. The van der Waals surface area contributed by atoms with Gasteiger partial charge in [-0.15, -0.1) is 0 Å². The van der Waals surface area contributed by atoms with Gasteiger partial charge in [-0.1, -0.05) is 6.92 Å². The fourth-order valence-electron chi connectivity index (χ4n) is 1.52. The number of aryl methyl sites for hydroxylation is 1. The lowest BCUT2D eigenvalue weighted by Crippen LogP contribution is -2.00. The van der Waals surface area contributed by atoms with E-state index < -0.39 is 11.6 Å². The lowest BCUT2D eigenvalue weighted by molar-refractivity contribution is 0.475. The molecule has 1 N–H and O–H groups in total. The van der Waals surface area contributed by atoms with Crippen LogP contribution in [0.25, 0.3) is 0 Å². The number of halogens is 2. The molecule has 0 bridgehead atoms. The number of hydrogen-bond acceptors (Lipinski definition) is 2. The van der Waals surface area contributed by atoms with Crippen molar-refractivity contribution in [1.82, 2.24) is 0 Å². The van der Waals surface area contributed by atoms with Crippen LogP contribution in [0.1, 0.15) is 18.4 Å². The Morgan fingerprint density at radius 1 is 1.12 bits per heavy atom. The predicted octanol–water partition coefficient (Wildman–Crippen LogP) is 3.73. The summed E-state index contributed by atoms with van der Waals surface area (Å²) in [5, 5.41) is 2.80. The Kier molecular flexibility index (Phi) is 3.42. The zero-order valence-corrected chi connectivity index (χ0v) is 9.47. The molecule has 0 amide bonds. The normalized spacial score (nSPS) is 10.5. The second-order valence-corrected chi connectivity index (χ2v) is 3.70. The Morgan fingerprint density at radius 3 is 2.59 bits per heavy atom. The van der Waals surface area contributed by atoms with Gasteiger partial charge in [0.05, 0.1) is 12.2 Å². The van der Waals surface area contributed by atoms with Gasteiger partial charge in [-0.3, -0.25) is 0 Å². The maximum atomic E-state index is 13.3. The third kappa shape index (κ3) is 2.84. The smallest absolute Gasteiger partial charge is 0.146 e. The van der Waals surface area contributed by atoms with Crippen molar-refractivity contribution < 1.29 is 13.2 Å². The molecule has 17 heavy (non-hydrogen) atoms. The number of nitrogens with one attached hydrogen (secondary N) is 1. The highest BCUT2D eigenvalue weighted by Gasteiger charge is 2.05. The number of benzene rings is 1. The minimum absolute atomic E-state index is 0.138. The van der Waals surface area contributed by atoms with Crippen molar-refractivity contribution >= 4 is 5.69 Å². The molecule has 2 nitrogen and oxygen atoms in total. The van der Waals surface area contributed by atoms with Crippen molar-refractivity contribution in [2.24, 2.45) is 0 Å². The summed E-state index contributed by atoms with van der Waals surface area (Å²) in [6, 6.07) is 7.00. The van der Waals surface area contributed by atoms with Crippen LogP contribution in [-0.2, 0) is 13.0 Å². The van der Waals surface area contributed by atoms with Crippen LogP contribution in [0.5, 0.6) is 0 Å². The van der Waals surface area contributed by atoms with Crippen LogP contribution >= 0.6 is 0 Å². The SMILES string of the molecule is CCc1ccc(CNc2cc(F)ccc2F)o1. The Hall–Kier alpha value is -1.84. The lowest BCUT2D eigenvalue weighted by atomic mass is 10.3. The van der Waals surface area contributed by atoms with Crippen molar-refractivity contribution in [1.29, 1.82) is 0 Å². The van der Waals surface area contributed by atoms with Crippen molar-refractivity contribution in [2.75, 3.05) is 5.32 Å². The maximum Gasteiger partial charge on any atom is 0.146 e. The molecule has 0 aliphatic rings. The van der Waals surface area contributed by atoms with Gasteiger partial charge in [-0.05, 0) is 30.3 Å². The van der Waals surface area contributed by atoms with Gasteiger partial charge in [-0.2, -0.15) is 0 Å². The molecule has 0 unspecified atom stereocenters. The highest BCUT2D eigenvalue weighted by Crippen LogP contribution is 2.17. The third-order valence-electron chi connectivity index (χ3n) is 2.45. The maximum absolute atomic E-state index is 13.3. The van der Waals surface area contributed by atoms with E-state index in [1.165, 1.54) is 0 Å². The molecule has 0 aliphatic carbocycles. The largest absolute Gasteiger partial charge is 0.464 e. The van der Waals surface area contributed by atoms with E-state index in [1.807, 2.05) is 19.1 Å². The molecule has 0 aliphatic heterocycles. The topological polar surface area (TPSA) is 25.2 Å². The zero-order chi connectivity index (χ0) is 12.3. The molecule has 0 atom stereocenters. The summed E-state index contributed by atoms with van der Waals surface area (Å²) in [5.74, 6) is 0.628. The Bertz CT molecular complexity index is 508. The van der Waals surface area contributed by atoms with Crippen LogP contribution in [0.15, 0.2) is 34.7 Å². The molecule has 0 fully saturated rings. The number of furan rings is 1. The van der Waals surface area contributed by atoms with Crippen molar-refractivity contribution in [2.45, 2.75) is 19.9 Å². The van der Waals surface area contributed by atoms with Gasteiger partial charge in [-0.25, -0.2) is 8.78 Å². The molecule has 1 aromatic carbocycles. The Morgan fingerprint density at radius 2 is 1.88 bits per heavy atom. The van der Waals surface area contributed by atoms with E-state index in [1.54, 1.807) is 0 Å². The Labute approximate surface area is 98.3 Å². The summed E-state index contributed by atoms with van der Waals surface area (Å²) in [6.07, 6.45) is 0.814. The lowest BCUT2D eigenvalue weighted by Gasteiger charge is -2.05. The fourth-order valence-corrected chi connectivity index (χ4v) is 1.52. The monoisotopic (exact) mass is 237 g/mol. The molecule has 1 aromatic heterocycles. The summed E-state index contributed by atoms with van der Waals surface area (Å²) >= 11 is 0. The Balaban J connectivity index is 2.04. The van der Waals surface area contributed by atoms with Crippen LogP contribution in [-0.4, -0.2) is 0 Å². The summed E-state index contributed by atoms with van der Waals surface area (Å²) in [6.45, 7) is 2.32. The highest BCUT2D eigenvalue weighted by atomic mass is 19.1. The first-order chi connectivity index (χ1) is 8.19. The summed E-state index contributed by atoms with van der Waals surface area (Å²) in [7, 11) is 0. The first-order valence-corrected chi connectivity index (χ1v) is 5.45. The minimum Gasteiger partial charge on any atom is -0.464 e. The molecular formula is C13H13F2NO. The van der Waals surface area contributed by atoms with Crippen molar-refractivity contribution in [3.05, 3.63) is 53.5 Å². The van der Waals surface area contributed by atoms with E-state index in [-0.39, 0.29) is 5.69 Å². The van der Waals surface area contributed by atoms with Crippen LogP contribution in [0, 0.1) is 11.6 Å². The van der Waals surface area contributed by atoms with Crippen molar-refractivity contribution in [3.63, 3.8) is 0 Å². The predicted molar refractivity (Wildman–Crippen MR) is 61.8 cm³/mol. The van der Waals surface area contributed by atoms with E-state index in [2.05, 4.69) is 5.32 Å². The molecule has 2 rings (SSSR count). The molecule has 2 aromatic rings. The van der Waals surface area contributed by atoms with Crippen LogP contribution < -0.4 is 5.32 Å². The van der Waals surface area contributed by atoms with Crippen molar-refractivity contribution in [3.8, 4) is 0 Å². The number of hydrogen-bond donors (Lipinski definition) is 1. The quantitative estimate of drug-likeness (QED) is 0.876. The van der Waals surface area contributed by atoms with E-state index in [0.29, 0.717) is 12.3 Å². The van der Waals surface area contributed by atoms with E-state index in [9.17, 15) is 8.78 Å². The standard InChI is InChI=1S/C13H13F2NO/c1-2-10-4-5-11(17-10)8-16-13-7-9(14)3-6-12(13)15/h3-7,16H,2,8H2,1H3. The van der Waals surface area contributed by atoms with Gasteiger partial charge < -0.3 is 9.73 Å². The zero-order valence-electron chi connectivity index (χ0n) is 9.47. The van der Waals surface area contributed by atoms with Crippen LogP contribution in [0.2, 0.25) is 0 Å². The fraction of sp³-hybridized carbons (Fsp3) is 0.231. The molecule has 0 spiro atoms. The summed E-state index contributed by atoms with van der Waals surface area (Å²) in [5.41, 5.74) is 0.138. The van der Waals surface area contributed by atoms with Gasteiger partial charge in [0.1, 0.15) is 23.2 Å². The van der Waals surface area contributed by atoms with Gasteiger partial charge in [0, 0.05) is 6.42 Å². The molecule has 90 valence electrons. The molecule has 0 saturated carbocycles. The molecule has 0 radical (unpaired) electrons. The third-order valence-corrected chi connectivity index (χ3v) is 2.45. The number of rotatable bonds is 4. The molecular weight excluding hydrogens is 224 g/mol. The second kappa shape index (κ2) is 4.99. The average Bonchev–Trinajstić information content (AvgIpc) is 2.78. The molecule has 0 saturated heterocycles. The highest BCUT2D eigenvalue weighted by molar-refractivity contribution is 5.44. The van der Waals surface area contributed by atoms with Gasteiger partial charge in [0.15, 0.2) is 0 Å². The van der Waals surface area contributed by atoms with Crippen LogP contribution in [0.4, 0.5) is 14.5 Å². The van der Waals surface area contributed by atoms with E-state index >= 15 is 0 Å².